The number of nitrogens with one attached hydrogen (secondary N) is 1. The molecule has 1 atom stereocenters. The van der Waals surface area contributed by atoms with Gasteiger partial charge in [-0.1, -0.05) is 12.1 Å². The number of nitrogens with zero attached hydrogens (tertiary/aromatic N) is 1. The lowest BCUT2D eigenvalue weighted by Gasteiger charge is -2.10. The van der Waals surface area contributed by atoms with Gasteiger partial charge in [-0.2, -0.15) is 0 Å². The van der Waals surface area contributed by atoms with Crippen LogP contribution in [0.25, 0.3) is 11.3 Å². The molecule has 2 rings (SSSR count). The third kappa shape index (κ3) is 3.77. The molecular formula is C15H18N2O2. The van der Waals surface area contributed by atoms with Crippen LogP contribution in [0, 0.1) is 6.92 Å². The van der Waals surface area contributed by atoms with Gasteiger partial charge in [0.05, 0.1) is 18.4 Å². The Hall–Kier alpha value is -1.91. The van der Waals surface area contributed by atoms with E-state index in [1.165, 1.54) is 5.56 Å². The lowest BCUT2D eigenvalue weighted by Crippen LogP contribution is -2.22. The fraction of sp³-hybridized carbons (Fsp3) is 0.267. The molecule has 4 heteroatoms. The summed E-state index contributed by atoms with van der Waals surface area (Å²) >= 11 is 0. The number of aliphatic hydroxyl groups is 2. The van der Waals surface area contributed by atoms with Crippen LogP contribution < -0.4 is 5.32 Å². The number of anilines is 1. The van der Waals surface area contributed by atoms with E-state index in [1.807, 2.05) is 43.3 Å². The first-order chi connectivity index (χ1) is 9.19. The molecule has 3 N–H and O–H groups in total. The van der Waals surface area contributed by atoms with Crippen molar-refractivity contribution in [2.45, 2.75) is 13.0 Å². The van der Waals surface area contributed by atoms with E-state index < -0.39 is 6.10 Å². The van der Waals surface area contributed by atoms with E-state index in [4.69, 9.17) is 5.11 Å². The average Bonchev–Trinajstić information content (AvgIpc) is 2.45. The summed E-state index contributed by atoms with van der Waals surface area (Å²) in [4.78, 5) is 4.33. The van der Waals surface area contributed by atoms with Gasteiger partial charge < -0.3 is 15.5 Å². The van der Waals surface area contributed by atoms with E-state index in [0.29, 0.717) is 6.54 Å². The highest BCUT2D eigenvalue weighted by Crippen LogP contribution is 2.20. The van der Waals surface area contributed by atoms with Gasteiger partial charge in [0, 0.05) is 24.0 Å². The molecule has 2 aromatic rings. The summed E-state index contributed by atoms with van der Waals surface area (Å²) in [5, 5.41) is 21.0. The third-order valence-corrected chi connectivity index (χ3v) is 2.85. The lowest BCUT2D eigenvalue weighted by molar-refractivity contribution is 0.105. The Morgan fingerprint density at radius 3 is 2.58 bits per heavy atom. The molecule has 0 fully saturated rings. The zero-order valence-corrected chi connectivity index (χ0v) is 10.9. The molecule has 0 saturated heterocycles. The predicted octanol–water partition coefficient (Wildman–Crippen LogP) is 1.82. The zero-order valence-electron chi connectivity index (χ0n) is 10.9. The Kier molecular flexibility index (Phi) is 4.49. The van der Waals surface area contributed by atoms with E-state index in [0.717, 1.165) is 16.9 Å². The summed E-state index contributed by atoms with van der Waals surface area (Å²) < 4.78 is 0. The summed E-state index contributed by atoms with van der Waals surface area (Å²) in [6.45, 7) is 2.13. The van der Waals surface area contributed by atoms with Crippen LogP contribution in [0.5, 0.6) is 0 Å². The molecule has 0 aliphatic carbocycles. The van der Waals surface area contributed by atoms with Crippen molar-refractivity contribution in [3.05, 3.63) is 48.2 Å². The molecule has 1 heterocycles. The predicted molar refractivity (Wildman–Crippen MR) is 76.0 cm³/mol. The van der Waals surface area contributed by atoms with Crippen LogP contribution in [0.1, 0.15) is 5.56 Å². The lowest BCUT2D eigenvalue weighted by atomic mass is 10.1. The van der Waals surface area contributed by atoms with E-state index in [1.54, 1.807) is 6.20 Å². The molecular weight excluding hydrogens is 240 g/mol. The van der Waals surface area contributed by atoms with Gasteiger partial charge in [-0.25, -0.2) is 0 Å². The van der Waals surface area contributed by atoms with Gasteiger partial charge in [-0.05, 0) is 36.8 Å². The smallest absolute Gasteiger partial charge is 0.0942 e. The minimum atomic E-state index is -0.738. The molecule has 19 heavy (non-hydrogen) atoms. The molecule has 0 saturated carbocycles. The van der Waals surface area contributed by atoms with Crippen LogP contribution in [0.3, 0.4) is 0 Å². The number of hydrogen-bond acceptors (Lipinski definition) is 4. The van der Waals surface area contributed by atoms with Crippen LogP contribution in [-0.2, 0) is 0 Å². The molecule has 1 aromatic carbocycles. The highest BCUT2D eigenvalue weighted by atomic mass is 16.3. The summed E-state index contributed by atoms with van der Waals surface area (Å²) in [6, 6.07) is 11.8. The minimum absolute atomic E-state index is 0.238. The van der Waals surface area contributed by atoms with Crippen molar-refractivity contribution in [1.29, 1.82) is 0 Å². The molecule has 0 aliphatic heterocycles. The Balaban J connectivity index is 2.06. The number of rotatable bonds is 5. The van der Waals surface area contributed by atoms with Gasteiger partial charge in [0.15, 0.2) is 0 Å². The quantitative estimate of drug-likeness (QED) is 0.765. The first kappa shape index (κ1) is 13.5. The van der Waals surface area contributed by atoms with Crippen LogP contribution in [0.2, 0.25) is 0 Å². The topological polar surface area (TPSA) is 65.4 Å². The molecule has 0 aliphatic rings. The van der Waals surface area contributed by atoms with Crippen LogP contribution >= 0.6 is 0 Å². The van der Waals surface area contributed by atoms with Crippen molar-refractivity contribution in [3.63, 3.8) is 0 Å². The Labute approximate surface area is 112 Å². The first-order valence-corrected chi connectivity index (χ1v) is 6.25. The Morgan fingerprint density at radius 1 is 1.21 bits per heavy atom. The van der Waals surface area contributed by atoms with Crippen molar-refractivity contribution in [3.8, 4) is 11.3 Å². The second kappa shape index (κ2) is 6.31. The standard InChI is InChI=1S/C15H18N2O2/c1-11-6-7-16-15(8-11)12-2-4-13(5-3-12)17-9-14(19)10-18/h2-8,14,17-19H,9-10H2,1H3. The summed E-state index contributed by atoms with van der Waals surface area (Å²) in [5.41, 5.74) is 4.08. The minimum Gasteiger partial charge on any atom is -0.394 e. The first-order valence-electron chi connectivity index (χ1n) is 6.25. The van der Waals surface area contributed by atoms with E-state index in [-0.39, 0.29) is 6.61 Å². The van der Waals surface area contributed by atoms with E-state index in [9.17, 15) is 5.11 Å². The number of aryl methyl sites for hydroxylation is 1. The Morgan fingerprint density at radius 2 is 1.95 bits per heavy atom. The number of pyridine rings is 1. The van der Waals surface area contributed by atoms with E-state index >= 15 is 0 Å². The fourth-order valence-corrected chi connectivity index (χ4v) is 1.75. The monoisotopic (exact) mass is 258 g/mol. The normalized spacial score (nSPS) is 12.2. The molecule has 4 nitrogen and oxygen atoms in total. The largest absolute Gasteiger partial charge is 0.394 e. The average molecular weight is 258 g/mol. The molecule has 1 unspecified atom stereocenters. The molecule has 0 bridgehead atoms. The second-order valence-electron chi connectivity index (χ2n) is 4.51. The van der Waals surface area contributed by atoms with Gasteiger partial charge in [0.25, 0.3) is 0 Å². The van der Waals surface area contributed by atoms with Crippen LogP contribution in [0.15, 0.2) is 42.6 Å². The van der Waals surface area contributed by atoms with Crippen molar-refractivity contribution in [2.75, 3.05) is 18.5 Å². The summed E-state index contributed by atoms with van der Waals surface area (Å²) in [6.07, 6.45) is 1.06. The number of aromatic nitrogens is 1. The third-order valence-electron chi connectivity index (χ3n) is 2.85. The van der Waals surface area contributed by atoms with Crippen molar-refractivity contribution >= 4 is 5.69 Å². The van der Waals surface area contributed by atoms with E-state index in [2.05, 4.69) is 10.3 Å². The summed E-state index contributed by atoms with van der Waals surface area (Å²) in [5.74, 6) is 0. The maximum atomic E-state index is 9.26. The van der Waals surface area contributed by atoms with Crippen molar-refractivity contribution < 1.29 is 10.2 Å². The molecule has 0 spiro atoms. The van der Waals surface area contributed by atoms with Gasteiger partial charge in [0.2, 0.25) is 0 Å². The second-order valence-corrected chi connectivity index (χ2v) is 4.51. The Bertz CT molecular complexity index is 526. The maximum Gasteiger partial charge on any atom is 0.0942 e. The molecule has 100 valence electrons. The van der Waals surface area contributed by atoms with Gasteiger partial charge in [-0.3, -0.25) is 4.98 Å². The molecule has 1 aromatic heterocycles. The van der Waals surface area contributed by atoms with Gasteiger partial charge >= 0.3 is 0 Å². The number of aliphatic hydroxyl groups excluding tert-OH is 2. The summed E-state index contributed by atoms with van der Waals surface area (Å²) in [7, 11) is 0. The SMILES string of the molecule is Cc1ccnc(-c2ccc(NCC(O)CO)cc2)c1. The van der Waals surface area contributed by atoms with Crippen LogP contribution in [0.4, 0.5) is 5.69 Å². The van der Waals surface area contributed by atoms with Crippen molar-refractivity contribution in [2.24, 2.45) is 0 Å². The number of benzene rings is 1. The highest BCUT2D eigenvalue weighted by molar-refractivity contribution is 5.63. The fourth-order valence-electron chi connectivity index (χ4n) is 1.75. The maximum absolute atomic E-state index is 9.26. The molecule has 0 radical (unpaired) electrons. The van der Waals surface area contributed by atoms with Gasteiger partial charge in [0.1, 0.15) is 0 Å². The molecule has 0 amide bonds. The number of hydrogen-bond donors (Lipinski definition) is 3. The van der Waals surface area contributed by atoms with Crippen molar-refractivity contribution in [1.82, 2.24) is 4.98 Å². The highest BCUT2D eigenvalue weighted by Gasteiger charge is 2.02. The zero-order chi connectivity index (χ0) is 13.7. The van der Waals surface area contributed by atoms with Crippen LogP contribution in [-0.4, -0.2) is 34.5 Å². The van der Waals surface area contributed by atoms with Gasteiger partial charge in [-0.15, -0.1) is 0 Å².